The minimum Gasteiger partial charge on any atom is -0.492 e. The van der Waals surface area contributed by atoms with Crippen molar-refractivity contribution in [1.82, 2.24) is 19.1 Å². The summed E-state index contributed by atoms with van der Waals surface area (Å²) in [5.74, 6) is 2.26. The summed E-state index contributed by atoms with van der Waals surface area (Å²) in [7, 11) is -3.25. The van der Waals surface area contributed by atoms with Crippen molar-refractivity contribution in [3.05, 3.63) is 18.3 Å². The Hall–Kier alpha value is -2.11. The van der Waals surface area contributed by atoms with E-state index < -0.39 is 10.0 Å². The minimum atomic E-state index is -3.25. The predicted octanol–water partition coefficient (Wildman–Crippen LogP) is 2.55. The number of piperazine rings is 1. The summed E-state index contributed by atoms with van der Waals surface area (Å²) in [5.41, 5.74) is -0.308. The summed E-state index contributed by atoms with van der Waals surface area (Å²) in [6.45, 7) is 8.40. The summed E-state index contributed by atoms with van der Waals surface area (Å²) in [4.78, 5) is 23.2. The molecule has 11 heteroatoms. The first-order chi connectivity index (χ1) is 18.2. The fraction of sp³-hybridized carbons (Fsp3) is 0.778. The van der Waals surface area contributed by atoms with Crippen molar-refractivity contribution >= 4 is 21.9 Å². The lowest BCUT2D eigenvalue weighted by atomic mass is 9.98. The standard InChI is InChI=1S/C27H41N5O5S/c1-26(7-8-26)37-25(33)30-13-5-22(6-14-30)20-36-23-3-4-24(28-19-23)29-15-17-32(18-16-29)38(34,35)21-27(9-10-27)31-11-2-12-31/h3-4,19,22H,2,5-18,20-21H2,1H3. The van der Waals surface area contributed by atoms with E-state index in [4.69, 9.17) is 9.47 Å². The molecule has 0 bridgehead atoms. The van der Waals surface area contributed by atoms with Gasteiger partial charge in [0, 0.05) is 44.8 Å². The molecule has 4 heterocycles. The van der Waals surface area contributed by atoms with E-state index in [-0.39, 0.29) is 23.0 Å². The third-order valence-corrected chi connectivity index (χ3v) is 11.2. The number of hydrogen-bond acceptors (Lipinski definition) is 8. The molecule has 6 rings (SSSR count). The van der Waals surface area contributed by atoms with E-state index in [0.29, 0.717) is 51.8 Å². The highest BCUT2D eigenvalue weighted by molar-refractivity contribution is 7.89. The van der Waals surface area contributed by atoms with Gasteiger partial charge in [0.05, 0.1) is 18.6 Å². The Kier molecular flexibility index (Phi) is 6.97. The van der Waals surface area contributed by atoms with Gasteiger partial charge in [0.25, 0.3) is 0 Å². The molecular formula is C27H41N5O5S. The van der Waals surface area contributed by atoms with Crippen LogP contribution in [-0.4, -0.2) is 109 Å². The zero-order valence-electron chi connectivity index (χ0n) is 22.5. The fourth-order valence-electron chi connectivity index (χ4n) is 5.81. The second kappa shape index (κ2) is 10.1. The zero-order chi connectivity index (χ0) is 26.4. The van der Waals surface area contributed by atoms with Gasteiger partial charge in [0.2, 0.25) is 10.0 Å². The Balaban J connectivity index is 0.924. The van der Waals surface area contributed by atoms with Crippen molar-refractivity contribution in [1.29, 1.82) is 0 Å². The predicted molar refractivity (Wildman–Crippen MR) is 144 cm³/mol. The maximum atomic E-state index is 13.1. The van der Waals surface area contributed by atoms with Gasteiger partial charge in [-0.1, -0.05) is 0 Å². The van der Waals surface area contributed by atoms with Crippen LogP contribution in [-0.2, 0) is 14.8 Å². The van der Waals surface area contributed by atoms with E-state index in [9.17, 15) is 13.2 Å². The van der Waals surface area contributed by atoms with E-state index >= 15 is 0 Å². The number of hydrogen-bond donors (Lipinski definition) is 0. The Morgan fingerprint density at radius 2 is 1.71 bits per heavy atom. The van der Waals surface area contributed by atoms with Gasteiger partial charge in [0.1, 0.15) is 17.2 Å². The molecule has 0 spiro atoms. The molecule has 210 valence electrons. The quantitative estimate of drug-likeness (QED) is 0.466. The normalized spacial score (nSPS) is 25.5. The van der Waals surface area contributed by atoms with Gasteiger partial charge in [-0.15, -0.1) is 0 Å². The number of amides is 1. The maximum Gasteiger partial charge on any atom is 0.410 e. The Bertz CT molecular complexity index is 1100. The third kappa shape index (κ3) is 5.74. The molecule has 3 aliphatic heterocycles. The number of carbonyl (C=O) groups is 1. The molecule has 2 saturated carbocycles. The van der Waals surface area contributed by atoms with Gasteiger partial charge in [-0.2, -0.15) is 4.31 Å². The van der Waals surface area contributed by atoms with Gasteiger partial charge in [-0.25, -0.2) is 18.2 Å². The highest BCUT2D eigenvalue weighted by Crippen LogP contribution is 2.45. The number of piperidine rings is 1. The molecule has 3 saturated heterocycles. The molecule has 2 aliphatic carbocycles. The average molecular weight is 548 g/mol. The number of anilines is 1. The number of likely N-dealkylation sites (tertiary alicyclic amines) is 2. The SMILES string of the molecule is CC1(OC(=O)N2CCC(COc3ccc(N4CCN(S(=O)(=O)CC5(N6CCC6)CC5)CC4)nc3)CC2)CC1. The molecular weight excluding hydrogens is 506 g/mol. The first-order valence-corrected chi connectivity index (χ1v) is 15.9. The summed E-state index contributed by atoms with van der Waals surface area (Å²) in [5, 5.41) is 0. The number of ether oxygens (including phenoxy) is 2. The van der Waals surface area contributed by atoms with Crippen LogP contribution >= 0.6 is 0 Å². The van der Waals surface area contributed by atoms with Crippen molar-refractivity contribution in [2.75, 3.05) is 69.6 Å². The highest BCUT2D eigenvalue weighted by Gasteiger charge is 2.53. The van der Waals surface area contributed by atoms with Gasteiger partial charge in [-0.3, -0.25) is 4.90 Å². The topological polar surface area (TPSA) is 95.5 Å². The van der Waals surface area contributed by atoms with Crippen LogP contribution in [0.2, 0.25) is 0 Å². The summed E-state index contributed by atoms with van der Waals surface area (Å²) < 4.78 is 39.5. The maximum absolute atomic E-state index is 13.1. The van der Waals surface area contributed by atoms with E-state index in [1.165, 1.54) is 6.42 Å². The van der Waals surface area contributed by atoms with Crippen molar-refractivity contribution in [2.45, 2.75) is 63.0 Å². The van der Waals surface area contributed by atoms with Gasteiger partial charge in [-0.05, 0) is 83.0 Å². The van der Waals surface area contributed by atoms with Crippen LogP contribution in [0.5, 0.6) is 5.75 Å². The van der Waals surface area contributed by atoms with Crippen LogP contribution in [0.3, 0.4) is 0 Å². The molecule has 1 amide bonds. The molecule has 0 radical (unpaired) electrons. The van der Waals surface area contributed by atoms with E-state index in [1.54, 1.807) is 10.5 Å². The Morgan fingerprint density at radius 3 is 2.26 bits per heavy atom. The van der Waals surface area contributed by atoms with Crippen molar-refractivity contribution in [3.63, 3.8) is 0 Å². The number of aromatic nitrogens is 1. The number of carbonyl (C=O) groups excluding carboxylic acids is 1. The number of nitrogens with zero attached hydrogens (tertiary/aromatic N) is 5. The molecule has 0 unspecified atom stereocenters. The Morgan fingerprint density at radius 1 is 1.00 bits per heavy atom. The molecule has 0 aromatic carbocycles. The molecule has 1 aromatic rings. The van der Waals surface area contributed by atoms with Gasteiger partial charge >= 0.3 is 6.09 Å². The zero-order valence-corrected chi connectivity index (χ0v) is 23.3. The lowest BCUT2D eigenvalue weighted by Crippen LogP contribution is -2.55. The molecule has 1 aromatic heterocycles. The van der Waals surface area contributed by atoms with Crippen LogP contribution in [0.1, 0.15) is 51.9 Å². The van der Waals surface area contributed by atoms with Crippen LogP contribution in [0, 0.1) is 5.92 Å². The van der Waals surface area contributed by atoms with Gasteiger partial charge < -0.3 is 19.3 Å². The van der Waals surface area contributed by atoms with Crippen molar-refractivity contribution < 1.29 is 22.7 Å². The van der Waals surface area contributed by atoms with Crippen molar-refractivity contribution in [3.8, 4) is 5.75 Å². The van der Waals surface area contributed by atoms with Crippen LogP contribution in [0.4, 0.5) is 10.6 Å². The molecule has 0 atom stereocenters. The second-order valence-corrected chi connectivity index (χ2v) is 14.1. The number of sulfonamides is 1. The first kappa shape index (κ1) is 26.1. The summed E-state index contributed by atoms with van der Waals surface area (Å²) in [6.07, 6.45) is 8.53. The van der Waals surface area contributed by atoms with Crippen LogP contribution < -0.4 is 9.64 Å². The molecule has 10 nitrogen and oxygen atoms in total. The molecule has 5 aliphatic rings. The molecule has 0 N–H and O–H groups in total. The van der Waals surface area contributed by atoms with Crippen molar-refractivity contribution in [2.24, 2.45) is 5.92 Å². The summed E-state index contributed by atoms with van der Waals surface area (Å²) in [6, 6.07) is 3.90. The minimum absolute atomic E-state index is 0.0804. The summed E-state index contributed by atoms with van der Waals surface area (Å²) >= 11 is 0. The fourth-order valence-corrected chi connectivity index (χ4v) is 7.86. The molecule has 38 heavy (non-hydrogen) atoms. The van der Waals surface area contributed by atoms with E-state index in [1.807, 2.05) is 24.0 Å². The van der Waals surface area contributed by atoms with Crippen LogP contribution in [0.15, 0.2) is 18.3 Å². The Labute approximate surface area is 226 Å². The number of rotatable bonds is 9. The molecule has 5 fully saturated rings. The smallest absolute Gasteiger partial charge is 0.410 e. The largest absolute Gasteiger partial charge is 0.492 e. The monoisotopic (exact) mass is 547 g/mol. The first-order valence-electron chi connectivity index (χ1n) is 14.3. The lowest BCUT2D eigenvalue weighted by Gasteiger charge is -2.40. The van der Waals surface area contributed by atoms with Gasteiger partial charge in [0.15, 0.2) is 0 Å². The average Bonchev–Trinajstić information content (AvgIpc) is 3.81. The lowest BCUT2D eigenvalue weighted by molar-refractivity contribution is 0.0456. The highest BCUT2D eigenvalue weighted by atomic mass is 32.2. The second-order valence-electron chi connectivity index (χ2n) is 12.1. The van der Waals surface area contributed by atoms with E-state index in [2.05, 4.69) is 14.8 Å². The number of pyridine rings is 1. The third-order valence-electron chi connectivity index (χ3n) is 9.13. The van der Waals surface area contributed by atoms with E-state index in [0.717, 1.165) is 63.2 Å². The van der Waals surface area contributed by atoms with Crippen LogP contribution in [0.25, 0.3) is 0 Å².